The number of piperidine rings is 1. The molecule has 1 aromatic carbocycles. The summed E-state index contributed by atoms with van der Waals surface area (Å²) in [6.07, 6.45) is 2.69. The zero-order chi connectivity index (χ0) is 34.8. The number of nitrogens with one attached hydrogen (secondary N) is 2. The monoisotopic (exact) mass is 671 g/mol. The van der Waals surface area contributed by atoms with Crippen LogP contribution in [0.2, 0.25) is 0 Å². The second kappa shape index (κ2) is 17.7. The first-order valence-electron chi connectivity index (χ1n) is 16.7. The van der Waals surface area contributed by atoms with Crippen molar-refractivity contribution in [1.29, 1.82) is 0 Å². The molecule has 12 heteroatoms. The van der Waals surface area contributed by atoms with Crippen LogP contribution in [0.5, 0.6) is 0 Å². The Morgan fingerprint density at radius 3 is 2.30 bits per heavy atom. The highest BCUT2D eigenvalue weighted by Gasteiger charge is 2.36. The number of rotatable bonds is 16. The fraction of sp³-hybridized carbons (Fsp3) is 0.629. The summed E-state index contributed by atoms with van der Waals surface area (Å²) in [5.41, 5.74) is 1.12. The number of benzene rings is 1. The first kappa shape index (κ1) is 38.1. The molecule has 2 aromatic rings. The molecular weight excluding hydrogens is 618 g/mol. The highest BCUT2D eigenvalue weighted by molar-refractivity contribution is 7.09. The number of hydrogen-bond acceptors (Lipinski definition) is 8. The third-order valence-electron chi connectivity index (χ3n) is 9.14. The first-order valence-corrected chi connectivity index (χ1v) is 17.6. The third-order valence-corrected chi connectivity index (χ3v) is 10.1. The van der Waals surface area contributed by atoms with Gasteiger partial charge in [0.05, 0.1) is 12.0 Å². The summed E-state index contributed by atoms with van der Waals surface area (Å²) in [4.78, 5) is 59.9. The molecule has 3 rings (SSSR count). The van der Waals surface area contributed by atoms with Crippen molar-refractivity contribution < 1.29 is 29.4 Å². The van der Waals surface area contributed by atoms with Gasteiger partial charge in [0.2, 0.25) is 11.8 Å². The first-order chi connectivity index (χ1) is 22.2. The van der Waals surface area contributed by atoms with Gasteiger partial charge in [-0.2, -0.15) is 0 Å². The number of likely N-dealkylation sites (tertiary alicyclic amines) is 1. The maximum atomic E-state index is 13.8. The summed E-state index contributed by atoms with van der Waals surface area (Å²) in [6.45, 7) is 10.2. The Kier molecular flexibility index (Phi) is 14.4. The molecule has 6 atom stereocenters. The van der Waals surface area contributed by atoms with Crippen molar-refractivity contribution in [1.82, 2.24) is 25.4 Å². The fourth-order valence-corrected chi connectivity index (χ4v) is 6.98. The molecule has 3 amide bonds. The molecule has 1 unspecified atom stereocenters. The minimum atomic E-state index is -1.03. The van der Waals surface area contributed by atoms with Gasteiger partial charge < -0.3 is 25.7 Å². The van der Waals surface area contributed by atoms with Gasteiger partial charge >= 0.3 is 5.97 Å². The molecule has 260 valence electrons. The van der Waals surface area contributed by atoms with Gasteiger partial charge in [-0.05, 0) is 56.7 Å². The van der Waals surface area contributed by atoms with Crippen LogP contribution in [0.15, 0.2) is 35.7 Å². The van der Waals surface area contributed by atoms with Crippen LogP contribution < -0.4 is 10.6 Å². The zero-order valence-electron chi connectivity index (χ0n) is 28.8. The fourth-order valence-electron chi connectivity index (χ4n) is 6.18. The molecule has 2 heterocycles. The summed E-state index contributed by atoms with van der Waals surface area (Å²) in [5, 5.41) is 28.6. The molecule has 4 N–H and O–H groups in total. The summed E-state index contributed by atoms with van der Waals surface area (Å²) < 4.78 is 0. The minimum Gasteiger partial charge on any atom is -0.481 e. The normalized spacial score (nSPS) is 18.6. The smallest absolute Gasteiger partial charge is 0.306 e. The number of amides is 3. The maximum Gasteiger partial charge on any atom is 0.306 e. The number of aliphatic carboxylic acids is 1. The Bertz CT molecular complexity index is 1330. The number of carboxylic acids is 1. The van der Waals surface area contributed by atoms with E-state index in [1.54, 1.807) is 24.3 Å². The second-order valence-corrected chi connectivity index (χ2v) is 14.5. The van der Waals surface area contributed by atoms with E-state index in [0.717, 1.165) is 42.7 Å². The number of nitrogens with zero attached hydrogens (tertiary/aromatic N) is 3. The Morgan fingerprint density at radius 1 is 1.02 bits per heavy atom. The summed E-state index contributed by atoms with van der Waals surface area (Å²) in [7, 11) is 3.65. The van der Waals surface area contributed by atoms with E-state index < -0.39 is 36.0 Å². The van der Waals surface area contributed by atoms with Gasteiger partial charge in [-0.1, -0.05) is 71.4 Å². The number of aliphatic hydroxyl groups excluding tert-OH is 1. The second-order valence-electron chi connectivity index (χ2n) is 13.6. The van der Waals surface area contributed by atoms with Gasteiger partial charge in [-0.15, -0.1) is 11.3 Å². The molecule has 1 fully saturated rings. The van der Waals surface area contributed by atoms with E-state index in [1.807, 2.05) is 70.0 Å². The Hall–Kier alpha value is -3.35. The number of aliphatic hydroxyl groups is 1. The Labute approximate surface area is 283 Å². The number of carbonyl (C=O) groups is 4. The van der Waals surface area contributed by atoms with E-state index >= 15 is 0 Å². The van der Waals surface area contributed by atoms with Gasteiger partial charge in [-0.25, -0.2) is 4.98 Å². The lowest BCUT2D eigenvalue weighted by molar-refractivity contribution is -0.141. The molecule has 1 aliphatic rings. The molecule has 0 bridgehead atoms. The lowest BCUT2D eigenvalue weighted by Crippen LogP contribution is -2.57. The zero-order valence-corrected chi connectivity index (χ0v) is 29.6. The summed E-state index contributed by atoms with van der Waals surface area (Å²) >= 11 is 1.16. The van der Waals surface area contributed by atoms with Crippen molar-refractivity contribution in [3.05, 3.63) is 52.0 Å². The van der Waals surface area contributed by atoms with Crippen LogP contribution in [0.25, 0.3) is 0 Å². The van der Waals surface area contributed by atoms with Crippen molar-refractivity contribution in [2.24, 2.45) is 17.8 Å². The van der Waals surface area contributed by atoms with Crippen LogP contribution in [-0.2, 0) is 20.8 Å². The van der Waals surface area contributed by atoms with Gasteiger partial charge in [0, 0.05) is 30.9 Å². The third kappa shape index (κ3) is 10.8. The molecule has 11 nitrogen and oxygen atoms in total. The molecule has 1 aromatic heterocycles. The molecular formula is C35H53N5O6S. The largest absolute Gasteiger partial charge is 0.481 e. The lowest BCUT2D eigenvalue weighted by Gasteiger charge is -2.37. The number of carboxylic acid groups (broad SMARTS) is 1. The van der Waals surface area contributed by atoms with Crippen molar-refractivity contribution in [2.75, 3.05) is 20.6 Å². The Morgan fingerprint density at radius 2 is 1.70 bits per heavy atom. The van der Waals surface area contributed by atoms with Gasteiger partial charge in [0.15, 0.2) is 0 Å². The molecule has 0 saturated carbocycles. The van der Waals surface area contributed by atoms with Crippen molar-refractivity contribution in [2.45, 2.75) is 103 Å². The van der Waals surface area contributed by atoms with E-state index in [2.05, 4.69) is 15.6 Å². The number of hydrogen-bond donors (Lipinski definition) is 4. The van der Waals surface area contributed by atoms with Crippen molar-refractivity contribution >= 4 is 35.0 Å². The number of likely N-dealkylation sites (N-methyl/N-ethyl adjacent to an activating group) is 2. The average Bonchev–Trinajstić information content (AvgIpc) is 3.53. The SMILES string of the molecule is CC(C)C(C[C@@H](O)c1nc(C(=O)N[C@@H](Cc2ccccc2)C[C@H](C)C(=O)O)cs1)N(C)C(=O)[C@@H](NC(=O)[C@H]1CCCCN1C)C(C)C. The highest BCUT2D eigenvalue weighted by atomic mass is 32.1. The summed E-state index contributed by atoms with van der Waals surface area (Å²) in [6, 6.07) is 7.81. The molecule has 47 heavy (non-hydrogen) atoms. The number of thiazole rings is 1. The molecule has 0 aliphatic carbocycles. The Balaban J connectivity index is 1.68. The maximum absolute atomic E-state index is 13.8. The van der Waals surface area contributed by atoms with E-state index in [0.29, 0.717) is 11.4 Å². The lowest BCUT2D eigenvalue weighted by atomic mass is 9.94. The van der Waals surface area contributed by atoms with Crippen molar-refractivity contribution in [3.8, 4) is 0 Å². The van der Waals surface area contributed by atoms with Crippen LogP contribution in [0.3, 0.4) is 0 Å². The van der Waals surface area contributed by atoms with Gasteiger partial charge in [0.25, 0.3) is 5.91 Å². The summed E-state index contributed by atoms with van der Waals surface area (Å²) in [5.74, 6) is -2.51. The van der Waals surface area contributed by atoms with Crippen molar-refractivity contribution in [3.63, 3.8) is 0 Å². The standard InChI is InChI=1S/C35H53N5O6S/c1-21(2)28(40(7)34(44)30(22(3)4)38-32(43)27-15-11-12-16-39(27)6)19-29(41)33-37-26(20-47-33)31(42)36-25(17-23(5)35(45)46)18-24-13-9-8-10-14-24/h8-10,13-14,20-23,25,27-30,41H,11-12,15-19H2,1-7H3,(H,36,42)(H,38,43)(H,45,46)/t23-,25+,27+,28?,29+,30-/m0/s1. The highest BCUT2D eigenvalue weighted by Crippen LogP contribution is 2.28. The molecule has 0 spiro atoms. The van der Waals surface area contributed by atoms with E-state index in [-0.39, 0.29) is 54.3 Å². The molecule has 1 aliphatic heterocycles. The van der Waals surface area contributed by atoms with Crippen LogP contribution >= 0.6 is 11.3 Å². The average molecular weight is 672 g/mol. The van der Waals surface area contributed by atoms with Crippen LogP contribution in [-0.4, -0.2) is 93.5 Å². The van der Waals surface area contributed by atoms with E-state index in [4.69, 9.17) is 0 Å². The van der Waals surface area contributed by atoms with Gasteiger partial charge in [-0.3, -0.25) is 24.1 Å². The van der Waals surface area contributed by atoms with Crippen LogP contribution in [0.4, 0.5) is 0 Å². The minimum absolute atomic E-state index is 0.00991. The molecule has 1 saturated heterocycles. The predicted octanol–water partition coefficient (Wildman–Crippen LogP) is 4.13. The van der Waals surface area contributed by atoms with E-state index in [9.17, 15) is 29.4 Å². The van der Waals surface area contributed by atoms with Crippen LogP contribution in [0, 0.1) is 17.8 Å². The molecule has 0 radical (unpaired) electrons. The number of carbonyl (C=O) groups excluding carboxylic acids is 3. The topological polar surface area (TPSA) is 152 Å². The quantitative estimate of drug-likeness (QED) is 0.208. The number of aromatic nitrogens is 1. The van der Waals surface area contributed by atoms with Gasteiger partial charge in [0.1, 0.15) is 22.8 Å². The predicted molar refractivity (Wildman–Crippen MR) is 183 cm³/mol. The van der Waals surface area contributed by atoms with E-state index in [1.165, 1.54) is 0 Å². The van der Waals surface area contributed by atoms with Crippen LogP contribution in [0.1, 0.15) is 93.9 Å².